The van der Waals surface area contributed by atoms with E-state index in [1.54, 1.807) is 11.3 Å². The van der Waals surface area contributed by atoms with Crippen molar-refractivity contribution >= 4 is 11.3 Å². The zero-order valence-electron chi connectivity index (χ0n) is 13.5. The zero-order valence-corrected chi connectivity index (χ0v) is 14.3. The van der Waals surface area contributed by atoms with Gasteiger partial charge >= 0.3 is 0 Å². The fraction of sp³-hybridized carbons (Fsp3) is 0.333. The van der Waals surface area contributed by atoms with Gasteiger partial charge in [0.05, 0.1) is 11.4 Å². The van der Waals surface area contributed by atoms with Gasteiger partial charge in [-0.05, 0) is 17.0 Å². The Bertz CT molecular complexity index is 748. The van der Waals surface area contributed by atoms with E-state index in [9.17, 15) is 0 Å². The highest BCUT2D eigenvalue weighted by atomic mass is 32.1. The van der Waals surface area contributed by atoms with Crippen LogP contribution in [0.25, 0.3) is 10.7 Å². The largest absolute Gasteiger partial charge is 0.338 e. The molecule has 0 spiro atoms. The Morgan fingerprint density at radius 2 is 1.67 bits per heavy atom. The minimum Gasteiger partial charge on any atom is -0.338 e. The van der Waals surface area contributed by atoms with Crippen LogP contribution in [0, 0.1) is 0 Å². The fourth-order valence-electron chi connectivity index (χ4n) is 2.96. The first-order valence-corrected chi connectivity index (χ1v) is 9.10. The minimum absolute atomic E-state index is 0.697. The van der Waals surface area contributed by atoms with Crippen molar-refractivity contribution in [3.05, 3.63) is 59.3 Å². The third-order valence-electron chi connectivity index (χ3n) is 4.28. The van der Waals surface area contributed by atoms with Crippen LogP contribution in [-0.4, -0.2) is 46.1 Å². The summed E-state index contributed by atoms with van der Waals surface area (Å²) in [6, 6.07) is 14.7. The summed E-state index contributed by atoms with van der Waals surface area (Å²) in [5.41, 5.74) is 1.38. The SMILES string of the molecule is c1ccc(CN2CCN(Cc3nc(-c4cccs4)no3)CC2)cc1. The molecule has 1 aliphatic rings. The van der Waals surface area contributed by atoms with Crippen LogP contribution in [0.1, 0.15) is 11.5 Å². The highest BCUT2D eigenvalue weighted by Gasteiger charge is 2.19. The van der Waals surface area contributed by atoms with E-state index in [4.69, 9.17) is 4.52 Å². The number of rotatable bonds is 5. The van der Waals surface area contributed by atoms with Gasteiger partial charge in [-0.3, -0.25) is 9.80 Å². The second-order valence-corrected chi connectivity index (χ2v) is 6.97. The monoisotopic (exact) mass is 340 g/mol. The van der Waals surface area contributed by atoms with Gasteiger partial charge in [0.1, 0.15) is 0 Å². The standard InChI is InChI=1S/C18H20N4OS/c1-2-5-15(6-3-1)13-21-8-10-22(11-9-21)14-17-19-18(20-23-17)16-7-4-12-24-16/h1-7,12H,8-11,13-14H2. The molecule has 1 fully saturated rings. The van der Waals surface area contributed by atoms with Crippen LogP contribution in [-0.2, 0) is 13.1 Å². The molecule has 1 aromatic carbocycles. The highest BCUT2D eigenvalue weighted by Crippen LogP contribution is 2.21. The van der Waals surface area contributed by atoms with Crippen molar-refractivity contribution in [2.75, 3.05) is 26.2 Å². The molecule has 3 aromatic rings. The minimum atomic E-state index is 0.697. The van der Waals surface area contributed by atoms with E-state index in [-0.39, 0.29) is 0 Å². The molecule has 24 heavy (non-hydrogen) atoms. The van der Waals surface area contributed by atoms with E-state index in [0.717, 1.165) is 44.1 Å². The lowest BCUT2D eigenvalue weighted by atomic mass is 10.2. The number of nitrogens with zero attached hydrogens (tertiary/aromatic N) is 4. The Hall–Kier alpha value is -2.02. The maximum atomic E-state index is 5.40. The van der Waals surface area contributed by atoms with E-state index in [2.05, 4.69) is 50.3 Å². The molecule has 0 bridgehead atoms. The number of aromatic nitrogens is 2. The number of hydrogen-bond donors (Lipinski definition) is 0. The van der Waals surface area contributed by atoms with E-state index < -0.39 is 0 Å². The third-order valence-corrected chi connectivity index (χ3v) is 5.15. The molecule has 6 heteroatoms. The first kappa shape index (κ1) is 15.5. The summed E-state index contributed by atoms with van der Waals surface area (Å²) < 4.78 is 5.40. The summed E-state index contributed by atoms with van der Waals surface area (Å²) in [7, 11) is 0. The van der Waals surface area contributed by atoms with Crippen molar-refractivity contribution in [2.24, 2.45) is 0 Å². The van der Waals surface area contributed by atoms with Crippen LogP contribution in [0.4, 0.5) is 0 Å². The van der Waals surface area contributed by atoms with Crippen molar-refractivity contribution in [2.45, 2.75) is 13.1 Å². The van der Waals surface area contributed by atoms with Crippen molar-refractivity contribution in [3.63, 3.8) is 0 Å². The molecule has 0 N–H and O–H groups in total. The molecular weight excluding hydrogens is 320 g/mol. The Morgan fingerprint density at radius 1 is 0.917 bits per heavy atom. The van der Waals surface area contributed by atoms with E-state index in [1.165, 1.54) is 5.56 Å². The third kappa shape index (κ3) is 3.72. The van der Waals surface area contributed by atoms with Crippen molar-refractivity contribution in [1.82, 2.24) is 19.9 Å². The number of thiophene rings is 1. The quantitative estimate of drug-likeness (QED) is 0.714. The van der Waals surface area contributed by atoms with Crippen LogP contribution >= 0.6 is 11.3 Å². The predicted octanol–water partition coefficient (Wildman–Crippen LogP) is 3.12. The lowest BCUT2D eigenvalue weighted by Crippen LogP contribution is -2.45. The maximum absolute atomic E-state index is 5.40. The molecule has 0 radical (unpaired) electrons. The molecule has 124 valence electrons. The van der Waals surface area contributed by atoms with Gasteiger partial charge in [-0.2, -0.15) is 4.98 Å². The van der Waals surface area contributed by atoms with Gasteiger partial charge in [0.15, 0.2) is 0 Å². The Balaban J connectivity index is 1.29. The van der Waals surface area contributed by atoms with Gasteiger partial charge in [-0.25, -0.2) is 0 Å². The second kappa shape index (κ2) is 7.25. The van der Waals surface area contributed by atoms with Gasteiger partial charge in [-0.1, -0.05) is 41.6 Å². The number of benzene rings is 1. The first-order chi connectivity index (χ1) is 11.9. The Morgan fingerprint density at radius 3 is 2.38 bits per heavy atom. The molecule has 5 nitrogen and oxygen atoms in total. The molecule has 0 atom stereocenters. The summed E-state index contributed by atoms with van der Waals surface area (Å²) in [4.78, 5) is 10.4. The molecule has 1 saturated heterocycles. The molecule has 2 aromatic heterocycles. The lowest BCUT2D eigenvalue weighted by Gasteiger charge is -2.33. The summed E-state index contributed by atoms with van der Waals surface area (Å²) in [5.74, 6) is 1.40. The van der Waals surface area contributed by atoms with Crippen molar-refractivity contribution < 1.29 is 4.52 Å². The van der Waals surface area contributed by atoms with Gasteiger partial charge in [0.25, 0.3) is 0 Å². The van der Waals surface area contributed by atoms with Crippen LogP contribution < -0.4 is 0 Å². The lowest BCUT2D eigenvalue weighted by molar-refractivity contribution is 0.112. The first-order valence-electron chi connectivity index (χ1n) is 8.22. The van der Waals surface area contributed by atoms with E-state index in [0.29, 0.717) is 11.7 Å². The smallest absolute Gasteiger partial charge is 0.241 e. The molecule has 3 heterocycles. The van der Waals surface area contributed by atoms with Crippen LogP contribution in [0.3, 0.4) is 0 Å². The molecule has 0 saturated carbocycles. The van der Waals surface area contributed by atoms with Gasteiger partial charge < -0.3 is 4.52 Å². The van der Waals surface area contributed by atoms with E-state index in [1.807, 2.05) is 17.5 Å². The zero-order chi connectivity index (χ0) is 16.2. The fourth-order valence-corrected chi connectivity index (χ4v) is 3.61. The number of hydrogen-bond acceptors (Lipinski definition) is 6. The van der Waals surface area contributed by atoms with Crippen LogP contribution in [0.5, 0.6) is 0 Å². The molecular formula is C18H20N4OS. The Kier molecular flexibility index (Phi) is 4.69. The normalized spacial score (nSPS) is 16.5. The summed E-state index contributed by atoms with van der Waals surface area (Å²) in [6.07, 6.45) is 0. The summed E-state index contributed by atoms with van der Waals surface area (Å²) >= 11 is 1.63. The van der Waals surface area contributed by atoms with Crippen LogP contribution in [0.2, 0.25) is 0 Å². The molecule has 1 aliphatic heterocycles. The summed E-state index contributed by atoms with van der Waals surface area (Å²) in [6.45, 7) is 5.96. The predicted molar refractivity (Wildman–Crippen MR) is 94.6 cm³/mol. The average molecular weight is 340 g/mol. The van der Waals surface area contributed by atoms with E-state index >= 15 is 0 Å². The summed E-state index contributed by atoms with van der Waals surface area (Å²) in [5, 5.41) is 6.11. The molecule has 0 aliphatic carbocycles. The van der Waals surface area contributed by atoms with Gasteiger partial charge in [0.2, 0.25) is 11.7 Å². The average Bonchev–Trinajstić information content (AvgIpc) is 3.29. The molecule has 4 rings (SSSR count). The van der Waals surface area contributed by atoms with Crippen LogP contribution in [0.15, 0.2) is 52.4 Å². The van der Waals surface area contributed by atoms with Gasteiger partial charge in [-0.15, -0.1) is 11.3 Å². The molecule has 0 amide bonds. The highest BCUT2D eigenvalue weighted by molar-refractivity contribution is 7.13. The van der Waals surface area contributed by atoms with Gasteiger partial charge in [0, 0.05) is 32.7 Å². The van der Waals surface area contributed by atoms with Crippen molar-refractivity contribution in [3.8, 4) is 10.7 Å². The Labute approximate surface area is 145 Å². The maximum Gasteiger partial charge on any atom is 0.241 e. The second-order valence-electron chi connectivity index (χ2n) is 6.03. The van der Waals surface area contributed by atoms with Crippen molar-refractivity contribution in [1.29, 1.82) is 0 Å². The molecule has 0 unspecified atom stereocenters. The number of piperazine rings is 1. The topological polar surface area (TPSA) is 45.4 Å².